The van der Waals surface area contributed by atoms with Gasteiger partial charge < -0.3 is 29.0 Å². The number of nitriles is 1. The number of hydrogen-bond acceptors (Lipinski definition) is 8. The van der Waals surface area contributed by atoms with Gasteiger partial charge in [0.05, 0.1) is 45.2 Å². The Bertz CT molecular complexity index is 1340. The Labute approximate surface area is 197 Å². The lowest BCUT2D eigenvalue weighted by molar-refractivity contribution is 0.356. The number of methoxy groups -OCH3 is 4. The fraction of sp³-hybridized carbons (Fsp3) is 0.154. The van der Waals surface area contributed by atoms with Crippen molar-refractivity contribution >= 4 is 22.3 Å². The van der Waals surface area contributed by atoms with Crippen LogP contribution in [-0.2, 0) is 0 Å². The van der Waals surface area contributed by atoms with Crippen LogP contribution in [0.15, 0.2) is 60.8 Å². The molecule has 0 spiro atoms. The van der Waals surface area contributed by atoms with Gasteiger partial charge in [0.25, 0.3) is 0 Å². The molecular formula is C26H23N3O5. The van der Waals surface area contributed by atoms with Crippen molar-refractivity contribution in [3.05, 3.63) is 66.4 Å². The quantitative estimate of drug-likeness (QED) is 0.361. The maximum absolute atomic E-state index is 9.65. The lowest BCUT2D eigenvalue weighted by Crippen LogP contribution is -1.98. The van der Waals surface area contributed by atoms with E-state index in [0.29, 0.717) is 51.3 Å². The number of ether oxygens (including phenoxy) is 5. The summed E-state index contributed by atoms with van der Waals surface area (Å²) in [5.74, 6) is 3.60. The molecule has 1 aromatic heterocycles. The summed E-state index contributed by atoms with van der Waals surface area (Å²) in [7, 11) is 6.30. The molecule has 0 unspecified atom stereocenters. The molecule has 0 amide bonds. The van der Waals surface area contributed by atoms with Crippen molar-refractivity contribution < 1.29 is 23.7 Å². The van der Waals surface area contributed by atoms with E-state index in [-0.39, 0.29) is 0 Å². The van der Waals surface area contributed by atoms with Crippen LogP contribution in [0.5, 0.6) is 34.5 Å². The smallest absolute Gasteiger partial charge is 0.162 e. The van der Waals surface area contributed by atoms with Crippen molar-refractivity contribution in [1.29, 1.82) is 5.26 Å². The van der Waals surface area contributed by atoms with Gasteiger partial charge in [0, 0.05) is 41.5 Å². The fourth-order valence-electron chi connectivity index (χ4n) is 3.47. The molecule has 0 fully saturated rings. The van der Waals surface area contributed by atoms with Gasteiger partial charge in [0.1, 0.15) is 29.1 Å². The first-order valence-electron chi connectivity index (χ1n) is 10.3. The van der Waals surface area contributed by atoms with E-state index in [4.69, 9.17) is 23.7 Å². The van der Waals surface area contributed by atoms with Crippen molar-refractivity contribution in [2.75, 3.05) is 33.8 Å². The maximum Gasteiger partial charge on any atom is 0.162 e. The second-order valence-corrected chi connectivity index (χ2v) is 7.18. The number of fused-ring (bicyclic) bond motifs is 1. The van der Waals surface area contributed by atoms with E-state index in [2.05, 4.69) is 16.4 Å². The highest BCUT2D eigenvalue weighted by molar-refractivity contribution is 5.97. The Morgan fingerprint density at radius 1 is 0.735 bits per heavy atom. The van der Waals surface area contributed by atoms with Crippen LogP contribution < -0.4 is 29.0 Å². The number of hydrogen-bond donors (Lipinski definition) is 1. The molecule has 34 heavy (non-hydrogen) atoms. The molecule has 172 valence electrons. The second kappa shape index (κ2) is 9.88. The molecule has 0 atom stereocenters. The second-order valence-electron chi connectivity index (χ2n) is 7.18. The zero-order valence-electron chi connectivity index (χ0n) is 19.2. The summed E-state index contributed by atoms with van der Waals surface area (Å²) < 4.78 is 27.3. The lowest BCUT2D eigenvalue weighted by Gasteiger charge is -2.15. The molecule has 4 rings (SSSR count). The molecule has 0 radical (unpaired) electrons. The first-order valence-corrected chi connectivity index (χ1v) is 10.3. The van der Waals surface area contributed by atoms with Crippen molar-refractivity contribution in [3.63, 3.8) is 0 Å². The molecule has 3 aromatic carbocycles. The van der Waals surface area contributed by atoms with E-state index in [1.165, 1.54) is 6.20 Å². The Hall–Kier alpha value is -4.64. The summed E-state index contributed by atoms with van der Waals surface area (Å²) in [6, 6.07) is 18.5. The summed E-state index contributed by atoms with van der Waals surface area (Å²) >= 11 is 0. The van der Waals surface area contributed by atoms with Gasteiger partial charge in [-0.05, 0) is 30.3 Å². The van der Waals surface area contributed by atoms with Gasteiger partial charge in [-0.3, -0.25) is 4.98 Å². The largest absolute Gasteiger partial charge is 0.496 e. The van der Waals surface area contributed by atoms with Gasteiger partial charge in [-0.1, -0.05) is 0 Å². The summed E-state index contributed by atoms with van der Waals surface area (Å²) in [5, 5.41) is 13.7. The van der Waals surface area contributed by atoms with Crippen molar-refractivity contribution in [1.82, 2.24) is 4.98 Å². The van der Waals surface area contributed by atoms with E-state index in [9.17, 15) is 5.26 Å². The lowest BCUT2D eigenvalue weighted by atomic mass is 10.1. The minimum absolute atomic E-state index is 0.406. The van der Waals surface area contributed by atoms with Gasteiger partial charge in [0.2, 0.25) is 0 Å². The van der Waals surface area contributed by atoms with Crippen LogP contribution in [0.1, 0.15) is 5.56 Å². The topological polar surface area (TPSA) is 94.9 Å². The van der Waals surface area contributed by atoms with Gasteiger partial charge in [-0.2, -0.15) is 5.26 Å². The molecular weight excluding hydrogens is 434 g/mol. The van der Waals surface area contributed by atoms with E-state index < -0.39 is 0 Å². The molecule has 8 nitrogen and oxygen atoms in total. The number of nitrogens with one attached hydrogen (secondary N) is 1. The van der Waals surface area contributed by atoms with Gasteiger partial charge in [-0.15, -0.1) is 0 Å². The van der Waals surface area contributed by atoms with Crippen LogP contribution in [-0.4, -0.2) is 33.4 Å². The third-order valence-corrected chi connectivity index (χ3v) is 5.18. The first-order chi connectivity index (χ1) is 16.6. The minimum Gasteiger partial charge on any atom is -0.496 e. The van der Waals surface area contributed by atoms with Crippen molar-refractivity contribution in [2.24, 2.45) is 0 Å². The van der Waals surface area contributed by atoms with E-state index in [1.54, 1.807) is 58.8 Å². The number of anilines is 2. The van der Waals surface area contributed by atoms with E-state index in [0.717, 1.165) is 11.1 Å². The first kappa shape index (κ1) is 22.6. The highest BCUT2D eigenvalue weighted by atomic mass is 16.5. The zero-order chi connectivity index (χ0) is 24.1. The van der Waals surface area contributed by atoms with Crippen LogP contribution in [0.2, 0.25) is 0 Å². The monoisotopic (exact) mass is 457 g/mol. The standard InChI is InChI=1S/C26H23N3O5/c1-30-19-9-20(31-2)11-21(10-19)34-18-7-5-17(6-8-18)29-26-16(14-27)15-28-23-13-25(33-4)24(32-3)12-22(23)26/h5-13,15H,1-4H3,(H,28,29). The molecule has 8 heteroatoms. The fourth-order valence-corrected chi connectivity index (χ4v) is 3.47. The van der Waals surface area contributed by atoms with Gasteiger partial charge >= 0.3 is 0 Å². The normalized spacial score (nSPS) is 10.3. The SMILES string of the molecule is COc1cc(OC)cc(Oc2ccc(Nc3c(C#N)cnc4cc(OC)c(OC)cc34)cc2)c1. The third-order valence-electron chi connectivity index (χ3n) is 5.18. The van der Waals surface area contributed by atoms with Gasteiger partial charge in [0.15, 0.2) is 11.5 Å². The number of nitrogens with zero attached hydrogens (tertiary/aromatic N) is 2. The molecule has 0 aliphatic rings. The predicted octanol–water partition coefficient (Wildman–Crippen LogP) is 5.68. The van der Waals surface area contributed by atoms with E-state index in [1.807, 2.05) is 24.3 Å². The molecule has 0 aliphatic heterocycles. The van der Waals surface area contributed by atoms with Crippen LogP contribution >= 0.6 is 0 Å². The average molecular weight is 457 g/mol. The molecule has 1 N–H and O–H groups in total. The van der Waals surface area contributed by atoms with Gasteiger partial charge in [-0.25, -0.2) is 0 Å². The highest BCUT2D eigenvalue weighted by Crippen LogP contribution is 2.37. The molecule has 0 saturated carbocycles. The van der Waals surface area contributed by atoms with Crippen molar-refractivity contribution in [2.45, 2.75) is 0 Å². The Morgan fingerprint density at radius 3 is 1.94 bits per heavy atom. The van der Waals surface area contributed by atoms with E-state index >= 15 is 0 Å². The molecule has 4 aromatic rings. The summed E-state index contributed by atoms with van der Waals surface area (Å²) in [6.07, 6.45) is 1.53. The predicted molar refractivity (Wildman–Crippen MR) is 129 cm³/mol. The average Bonchev–Trinajstić information content (AvgIpc) is 2.88. The van der Waals surface area contributed by atoms with Crippen molar-refractivity contribution in [3.8, 4) is 40.6 Å². The van der Waals surface area contributed by atoms with Crippen LogP contribution in [0.25, 0.3) is 10.9 Å². The molecule has 0 aliphatic carbocycles. The van der Waals surface area contributed by atoms with Crippen LogP contribution in [0.3, 0.4) is 0 Å². The number of benzene rings is 3. The molecule has 0 saturated heterocycles. The number of aromatic nitrogens is 1. The minimum atomic E-state index is 0.406. The maximum atomic E-state index is 9.65. The Morgan fingerprint density at radius 2 is 1.35 bits per heavy atom. The Balaban J connectivity index is 1.63. The zero-order valence-corrected chi connectivity index (χ0v) is 19.2. The number of rotatable bonds is 8. The summed E-state index contributed by atoms with van der Waals surface area (Å²) in [6.45, 7) is 0. The highest BCUT2D eigenvalue weighted by Gasteiger charge is 2.14. The third kappa shape index (κ3) is 4.59. The van der Waals surface area contributed by atoms with Crippen LogP contribution in [0, 0.1) is 11.3 Å². The molecule has 1 heterocycles. The summed E-state index contributed by atoms with van der Waals surface area (Å²) in [4.78, 5) is 4.39. The molecule has 0 bridgehead atoms. The summed E-state index contributed by atoms with van der Waals surface area (Å²) in [5.41, 5.74) is 2.48. The Kier molecular flexibility index (Phi) is 6.55. The van der Waals surface area contributed by atoms with Crippen LogP contribution in [0.4, 0.5) is 11.4 Å². The number of pyridine rings is 1.